The Hall–Kier alpha value is -0.550. The molecule has 0 amide bonds. The SMILES string of the molecule is CCC(C)NCCC#N. The van der Waals surface area contributed by atoms with Crippen molar-refractivity contribution in [3.8, 4) is 6.07 Å². The zero-order valence-corrected chi connectivity index (χ0v) is 6.15. The normalized spacial score (nSPS) is 12.6. The zero-order valence-electron chi connectivity index (χ0n) is 6.15. The number of nitrogens with zero attached hydrogens (tertiary/aromatic N) is 1. The van der Waals surface area contributed by atoms with Crippen LogP contribution in [0.1, 0.15) is 26.7 Å². The second kappa shape index (κ2) is 5.58. The Balaban J connectivity index is 2.99. The summed E-state index contributed by atoms with van der Waals surface area (Å²) >= 11 is 0. The molecular formula is C7H14N2. The summed E-state index contributed by atoms with van der Waals surface area (Å²) in [4.78, 5) is 0. The molecule has 0 aliphatic heterocycles. The molecule has 0 aliphatic carbocycles. The van der Waals surface area contributed by atoms with Gasteiger partial charge < -0.3 is 5.32 Å². The third kappa shape index (κ3) is 5.32. The van der Waals surface area contributed by atoms with Crippen molar-refractivity contribution in [2.24, 2.45) is 0 Å². The molecule has 0 aromatic heterocycles. The Morgan fingerprint density at radius 2 is 2.33 bits per heavy atom. The Labute approximate surface area is 56.9 Å². The average Bonchev–Trinajstić information content (AvgIpc) is 1.89. The van der Waals surface area contributed by atoms with Crippen molar-refractivity contribution < 1.29 is 0 Å². The molecule has 0 radical (unpaired) electrons. The van der Waals surface area contributed by atoms with Crippen LogP contribution in [0.25, 0.3) is 0 Å². The molecule has 0 fully saturated rings. The number of hydrogen-bond acceptors (Lipinski definition) is 2. The van der Waals surface area contributed by atoms with Crippen LogP contribution in [-0.4, -0.2) is 12.6 Å². The Morgan fingerprint density at radius 1 is 1.67 bits per heavy atom. The highest BCUT2D eigenvalue weighted by Gasteiger charge is 1.93. The first-order valence-corrected chi connectivity index (χ1v) is 3.41. The van der Waals surface area contributed by atoms with E-state index in [1.165, 1.54) is 0 Å². The minimum absolute atomic E-state index is 0.554. The van der Waals surface area contributed by atoms with Gasteiger partial charge in [0.2, 0.25) is 0 Å². The molecule has 0 aliphatic rings. The first-order chi connectivity index (χ1) is 4.31. The molecule has 0 aromatic carbocycles. The first kappa shape index (κ1) is 8.45. The molecule has 0 heterocycles. The number of nitrogens with one attached hydrogen (secondary N) is 1. The lowest BCUT2D eigenvalue weighted by Gasteiger charge is -2.07. The van der Waals surface area contributed by atoms with E-state index in [0.717, 1.165) is 13.0 Å². The Kier molecular flexibility index (Phi) is 5.24. The summed E-state index contributed by atoms with van der Waals surface area (Å²) in [5.41, 5.74) is 0. The maximum atomic E-state index is 8.16. The van der Waals surface area contributed by atoms with Crippen LogP contribution in [0.15, 0.2) is 0 Å². The predicted octanol–water partition coefficient (Wildman–Crippen LogP) is 1.29. The van der Waals surface area contributed by atoms with Crippen molar-refractivity contribution in [3.63, 3.8) is 0 Å². The summed E-state index contributed by atoms with van der Waals surface area (Å²) in [5, 5.41) is 11.4. The molecule has 2 nitrogen and oxygen atoms in total. The Bertz CT molecular complexity index is 93.6. The van der Waals surface area contributed by atoms with Crippen LogP contribution < -0.4 is 5.32 Å². The third-order valence-corrected chi connectivity index (χ3v) is 1.34. The van der Waals surface area contributed by atoms with E-state index in [1.807, 2.05) is 0 Å². The Morgan fingerprint density at radius 3 is 2.78 bits per heavy atom. The molecule has 2 heteroatoms. The fourth-order valence-electron chi connectivity index (χ4n) is 0.519. The summed E-state index contributed by atoms with van der Waals surface area (Å²) in [7, 11) is 0. The van der Waals surface area contributed by atoms with Crippen molar-refractivity contribution in [2.75, 3.05) is 6.54 Å². The van der Waals surface area contributed by atoms with Gasteiger partial charge in [0.1, 0.15) is 0 Å². The van der Waals surface area contributed by atoms with Crippen molar-refractivity contribution in [1.82, 2.24) is 5.32 Å². The van der Waals surface area contributed by atoms with E-state index in [0.29, 0.717) is 12.5 Å². The van der Waals surface area contributed by atoms with Gasteiger partial charge in [-0.3, -0.25) is 0 Å². The minimum atomic E-state index is 0.554. The monoisotopic (exact) mass is 126 g/mol. The van der Waals surface area contributed by atoms with Gasteiger partial charge in [0.25, 0.3) is 0 Å². The van der Waals surface area contributed by atoms with E-state index < -0.39 is 0 Å². The van der Waals surface area contributed by atoms with Crippen LogP contribution in [0.2, 0.25) is 0 Å². The van der Waals surface area contributed by atoms with Crippen molar-refractivity contribution in [3.05, 3.63) is 0 Å². The van der Waals surface area contributed by atoms with Gasteiger partial charge in [0.05, 0.1) is 6.07 Å². The van der Waals surface area contributed by atoms with Crippen molar-refractivity contribution >= 4 is 0 Å². The van der Waals surface area contributed by atoms with E-state index in [-0.39, 0.29) is 0 Å². The van der Waals surface area contributed by atoms with Gasteiger partial charge in [-0.1, -0.05) is 6.92 Å². The number of hydrogen-bond donors (Lipinski definition) is 1. The van der Waals surface area contributed by atoms with Crippen molar-refractivity contribution in [1.29, 1.82) is 5.26 Å². The summed E-state index contributed by atoms with van der Waals surface area (Å²) in [5.74, 6) is 0. The van der Waals surface area contributed by atoms with E-state index in [4.69, 9.17) is 5.26 Å². The standard InChI is InChI=1S/C7H14N2/c1-3-7(2)9-6-4-5-8/h7,9H,3-4,6H2,1-2H3. The smallest absolute Gasteiger partial charge is 0.0635 e. The molecule has 1 unspecified atom stereocenters. The summed E-state index contributed by atoms with van der Waals surface area (Å²) in [6.07, 6.45) is 1.75. The molecule has 0 aromatic rings. The molecule has 0 bridgehead atoms. The fraction of sp³-hybridized carbons (Fsp3) is 0.857. The molecule has 52 valence electrons. The zero-order chi connectivity index (χ0) is 7.11. The third-order valence-electron chi connectivity index (χ3n) is 1.34. The summed E-state index contributed by atoms with van der Waals surface area (Å²) in [6, 6.07) is 2.64. The van der Waals surface area contributed by atoms with Crippen LogP contribution in [0.3, 0.4) is 0 Å². The largest absolute Gasteiger partial charge is 0.313 e. The topological polar surface area (TPSA) is 35.8 Å². The quantitative estimate of drug-likeness (QED) is 0.576. The second-order valence-corrected chi connectivity index (χ2v) is 2.17. The highest BCUT2D eigenvalue weighted by Crippen LogP contribution is 1.86. The molecule has 0 saturated carbocycles. The lowest BCUT2D eigenvalue weighted by Crippen LogP contribution is -2.25. The van der Waals surface area contributed by atoms with Gasteiger partial charge in [0, 0.05) is 19.0 Å². The highest BCUT2D eigenvalue weighted by atomic mass is 14.9. The molecule has 0 rings (SSSR count). The van der Waals surface area contributed by atoms with Gasteiger partial charge in [-0.05, 0) is 13.3 Å². The van der Waals surface area contributed by atoms with Gasteiger partial charge in [-0.15, -0.1) is 0 Å². The van der Waals surface area contributed by atoms with E-state index in [2.05, 4.69) is 25.2 Å². The maximum Gasteiger partial charge on any atom is 0.0635 e. The molecular weight excluding hydrogens is 112 g/mol. The molecule has 1 atom stereocenters. The molecule has 0 saturated heterocycles. The number of nitriles is 1. The minimum Gasteiger partial charge on any atom is -0.313 e. The maximum absolute atomic E-state index is 8.16. The van der Waals surface area contributed by atoms with Gasteiger partial charge in [-0.2, -0.15) is 5.26 Å². The van der Waals surface area contributed by atoms with E-state index in [1.54, 1.807) is 0 Å². The summed E-state index contributed by atoms with van der Waals surface area (Å²) < 4.78 is 0. The lowest BCUT2D eigenvalue weighted by molar-refractivity contribution is 0.542. The predicted molar refractivity (Wildman–Crippen MR) is 38.0 cm³/mol. The van der Waals surface area contributed by atoms with Crippen LogP contribution in [-0.2, 0) is 0 Å². The van der Waals surface area contributed by atoms with Crippen LogP contribution in [0.4, 0.5) is 0 Å². The molecule has 9 heavy (non-hydrogen) atoms. The van der Waals surface area contributed by atoms with Gasteiger partial charge >= 0.3 is 0 Å². The molecule has 0 spiro atoms. The van der Waals surface area contributed by atoms with Crippen LogP contribution >= 0.6 is 0 Å². The van der Waals surface area contributed by atoms with Gasteiger partial charge in [0.15, 0.2) is 0 Å². The second-order valence-electron chi connectivity index (χ2n) is 2.17. The average molecular weight is 126 g/mol. The summed E-state index contributed by atoms with van der Waals surface area (Å²) in [6.45, 7) is 5.08. The fourth-order valence-corrected chi connectivity index (χ4v) is 0.519. The lowest BCUT2D eigenvalue weighted by atomic mass is 10.2. The van der Waals surface area contributed by atoms with Crippen molar-refractivity contribution in [2.45, 2.75) is 32.7 Å². The molecule has 1 N–H and O–H groups in total. The first-order valence-electron chi connectivity index (χ1n) is 3.41. The van der Waals surface area contributed by atoms with Gasteiger partial charge in [-0.25, -0.2) is 0 Å². The number of rotatable bonds is 4. The van der Waals surface area contributed by atoms with E-state index >= 15 is 0 Å². The highest BCUT2D eigenvalue weighted by molar-refractivity contribution is 4.71. The van der Waals surface area contributed by atoms with Crippen LogP contribution in [0.5, 0.6) is 0 Å². The van der Waals surface area contributed by atoms with E-state index in [9.17, 15) is 0 Å². The van der Waals surface area contributed by atoms with Crippen LogP contribution in [0, 0.1) is 11.3 Å².